The van der Waals surface area contributed by atoms with Crippen LogP contribution in [0.3, 0.4) is 0 Å². The van der Waals surface area contributed by atoms with Crippen molar-refractivity contribution in [3.05, 3.63) is 28.5 Å². The van der Waals surface area contributed by atoms with Crippen molar-refractivity contribution in [1.29, 1.82) is 0 Å². The van der Waals surface area contributed by atoms with Gasteiger partial charge in [0.1, 0.15) is 0 Å². The Labute approximate surface area is 120 Å². The molecule has 0 aliphatic carbocycles. The summed E-state index contributed by atoms with van der Waals surface area (Å²) in [6.07, 6.45) is 6.56. The second-order valence-electron chi connectivity index (χ2n) is 5.29. The van der Waals surface area contributed by atoms with E-state index in [9.17, 15) is 0 Å². The summed E-state index contributed by atoms with van der Waals surface area (Å²) in [6.45, 7) is 7.91. The Hall–Kier alpha value is -0.410. The SMILES string of the molecule is CCCNC(CCc1ccc(Br)cn1)CC(C)C. The third-order valence-electron chi connectivity index (χ3n) is 2.98. The first-order valence-corrected chi connectivity index (χ1v) is 7.75. The number of aromatic nitrogens is 1. The summed E-state index contributed by atoms with van der Waals surface area (Å²) in [7, 11) is 0. The van der Waals surface area contributed by atoms with Crippen molar-refractivity contribution in [2.75, 3.05) is 6.54 Å². The number of hydrogen-bond donors (Lipinski definition) is 1. The first kappa shape index (κ1) is 15.6. The van der Waals surface area contributed by atoms with Crippen molar-refractivity contribution in [2.45, 2.75) is 52.5 Å². The summed E-state index contributed by atoms with van der Waals surface area (Å²) < 4.78 is 1.05. The van der Waals surface area contributed by atoms with Crippen LogP contribution in [0.5, 0.6) is 0 Å². The number of nitrogens with one attached hydrogen (secondary N) is 1. The van der Waals surface area contributed by atoms with Crippen LogP contribution in [0.25, 0.3) is 0 Å². The zero-order valence-corrected chi connectivity index (χ0v) is 13.3. The minimum Gasteiger partial charge on any atom is -0.314 e. The molecule has 1 rings (SSSR count). The maximum absolute atomic E-state index is 4.44. The molecule has 1 N–H and O–H groups in total. The predicted octanol–water partition coefficient (Wildman–Crippen LogP) is 4.19. The summed E-state index contributed by atoms with van der Waals surface area (Å²) in [5, 5.41) is 3.65. The van der Waals surface area contributed by atoms with Gasteiger partial charge in [0.15, 0.2) is 0 Å². The first-order chi connectivity index (χ1) is 8.61. The summed E-state index contributed by atoms with van der Waals surface area (Å²) in [5.41, 5.74) is 1.19. The molecule has 0 bridgehead atoms. The molecule has 0 amide bonds. The van der Waals surface area contributed by atoms with E-state index in [4.69, 9.17) is 0 Å². The molecule has 0 aliphatic heterocycles. The Kier molecular flexibility index (Phi) is 7.52. The number of nitrogens with zero attached hydrogens (tertiary/aromatic N) is 1. The Morgan fingerprint density at radius 3 is 2.67 bits per heavy atom. The van der Waals surface area contributed by atoms with Crippen LogP contribution in [-0.4, -0.2) is 17.6 Å². The molecule has 0 fully saturated rings. The van der Waals surface area contributed by atoms with Gasteiger partial charge in [-0.05, 0) is 66.2 Å². The van der Waals surface area contributed by atoms with Crippen LogP contribution in [0.15, 0.2) is 22.8 Å². The molecule has 0 saturated heterocycles. The highest BCUT2D eigenvalue weighted by atomic mass is 79.9. The normalized spacial score (nSPS) is 12.9. The molecule has 2 nitrogen and oxygen atoms in total. The topological polar surface area (TPSA) is 24.9 Å². The van der Waals surface area contributed by atoms with Crippen molar-refractivity contribution in [2.24, 2.45) is 5.92 Å². The molecule has 3 heteroatoms. The van der Waals surface area contributed by atoms with Gasteiger partial charge in [0.2, 0.25) is 0 Å². The number of halogens is 1. The molecule has 0 spiro atoms. The average molecular weight is 313 g/mol. The second-order valence-corrected chi connectivity index (χ2v) is 6.20. The summed E-state index contributed by atoms with van der Waals surface area (Å²) in [4.78, 5) is 4.44. The van der Waals surface area contributed by atoms with Gasteiger partial charge < -0.3 is 5.32 Å². The molecular weight excluding hydrogens is 288 g/mol. The van der Waals surface area contributed by atoms with Crippen molar-refractivity contribution < 1.29 is 0 Å². The van der Waals surface area contributed by atoms with E-state index in [0.29, 0.717) is 6.04 Å². The lowest BCUT2D eigenvalue weighted by molar-refractivity contribution is 0.397. The summed E-state index contributed by atoms with van der Waals surface area (Å²) >= 11 is 3.42. The van der Waals surface area contributed by atoms with Crippen LogP contribution < -0.4 is 5.32 Å². The lowest BCUT2D eigenvalue weighted by Crippen LogP contribution is -2.31. The average Bonchev–Trinajstić information content (AvgIpc) is 2.34. The van der Waals surface area contributed by atoms with Gasteiger partial charge in [0, 0.05) is 22.4 Å². The fraction of sp³-hybridized carbons (Fsp3) is 0.667. The van der Waals surface area contributed by atoms with Gasteiger partial charge in [-0.2, -0.15) is 0 Å². The van der Waals surface area contributed by atoms with Gasteiger partial charge in [-0.15, -0.1) is 0 Å². The van der Waals surface area contributed by atoms with Crippen LogP contribution in [0, 0.1) is 5.92 Å². The molecule has 0 aliphatic rings. The van der Waals surface area contributed by atoms with Crippen molar-refractivity contribution in [1.82, 2.24) is 10.3 Å². The Bertz CT molecular complexity index is 322. The molecule has 102 valence electrons. The number of aryl methyl sites for hydroxylation is 1. The molecule has 0 radical (unpaired) electrons. The minimum absolute atomic E-state index is 0.621. The van der Waals surface area contributed by atoms with Gasteiger partial charge in [-0.25, -0.2) is 0 Å². The Morgan fingerprint density at radius 1 is 1.33 bits per heavy atom. The van der Waals surface area contributed by atoms with E-state index in [-0.39, 0.29) is 0 Å². The maximum Gasteiger partial charge on any atom is 0.0413 e. The smallest absolute Gasteiger partial charge is 0.0413 e. The van der Waals surface area contributed by atoms with E-state index >= 15 is 0 Å². The largest absolute Gasteiger partial charge is 0.314 e. The van der Waals surface area contributed by atoms with Crippen molar-refractivity contribution in [3.63, 3.8) is 0 Å². The number of rotatable bonds is 8. The van der Waals surface area contributed by atoms with Gasteiger partial charge in [-0.3, -0.25) is 4.98 Å². The highest BCUT2D eigenvalue weighted by molar-refractivity contribution is 9.10. The van der Waals surface area contributed by atoms with E-state index in [1.54, 1.807) is 0 Å². The zero-order valence-electron chi connectivity index (χ0n) is 11.7. The van der Waals surface area contributed by atoms with Crippen molar-refractivity contribution >= 4 is 15.9 Å². The van der Waals surface area contributed by atoms with Crippen LogP contribution in [0.2, 0.25) is 0 Å². The third-order valence-corrected chi connectivity index (χ3v) is 3.45. The monoisotopic (exact) mass is 312 g/mol. The van der Waals surface area contributed by atoms with Crippen molar-refractivity contribution in [3.8, 4) is 0 Å². The highest BCUT2D eigenvalue weighted by Gasteiger charge is 2.10. The van der Waals surface area contributed by atoms with E-state index in [0.717, 1.165) is 23.4 Å². The Morgan fingerprint density at radius 2 is 2.11 bits per heavy atom. The summed E-state index contributed by atoms with van der Waals surface area (Å²) in [5.74, 6) is 0.747. The first-order valence-electron chi connectivity index (χ1n) is 6.95. The molecular formula is C15H25BrN2. The van der Waals surface area contributed by atoms with Gasteiger partial charge in [0.25, 0.3) is 0 Å². The van der Waals surface area contributed by atoms with E-state index in [1.807, 2.05) is 6.20 Å². The van der Waals surface area contributed by atoms with Gasteiger partial charge in [-0.1, -0.05) is 20.8 Å². The minimum atomic E-state index is 0.621. The maximum atomic E-state index is 4.44. The molecule has 1 atom stereocenters. The molecule has 1 unspecified atom stereocenters. The molecule has 1 aromatic heterocycles. The quantitative estimate of drug-likeness (QED) is 0.778. The van der Waals surface area contributed by atoms with Crippen LogP contribution >= 0.6 is 15.9 Å². The van der Waals surface area contributed by atoms with Gasteiger partial charge >= 0.3 is 0 Å². The lowest BCUT2D eigenvalue weighted by Gasteiger charge is -2.20. The predicted molar refractivity (Wildman–Crippen MR) is 81.8 cm³/mol. The highest BCUT2D eigenvalue weighted by Crippen LogP contribution is 2.13. The van der Waals surface area contributed by atoms with Crippen LogP contribution in [-0.2, 0) is 6.42 Å². The van der Waals surface area contributed by atoms with Gasteiger partial charge in [0.05, 0.1) is 0 Å². The standard InChI is InChI=1S/C15H25BrN2/c1-4-9-17-15(10-12(2)3)8-7-14-6-5-13(16)11-18-14/h5-6,11-12,15,17H,4,7-10H2,1-3H3. The fourth-order valence-electron chi connectivity index (χ4n) is 2.10. The zero-order chi connectivity index (χ0) is 13.4. The molecule has 1 heterocycles. The van der Waals surface area contributed by atoms with Crippen LogP contribution in [0.4, 0.5) is 0 Å². The fourth-order valence-corrected chi connectivity index (χ4v) is 2.33. The molecule has 1 aromatic rings. The van der Waals surface area contributed by atoms with E-state index in [2.05, 4.69) is 59.1 Å². The van der Waals surface area contributed by atoms with Crippen LogP contribution in [0.1, 0.15) is 45.7 Å². The number of pyridine rings is 1. The molecule has 18 heavy (non-hydrogen) atoms. The number of hydrogen-bond acceptors (Lipinski definition) is 2. The Balaban J connectivity index is 2.42. The molecule has 0 saturated carbocycles. The second kappa shape index (κ2) is 8.65. The summed E-state index contributed by atoms with van der Waals surface area (Å²) in [6, 6.07) is 4.80. The lowest BCUT2D eigenvalue weighted by atomic mass is 9.98. The van der Waals surface area contributed by atoms with E-state index in [1.165, 1.54) is 25.0 Å². The molecule has 0 aromatic carbocycles. The third kappa shape index (κ3) is 6.50. The van der Waals surface area contributed by atoms with E-state index < -0.39 is 0 Å².